The van der Waals surface area contributed by atoms with Crippen molar-refractivity contribution in [3.05, 3.63) is 27.5 Å². The highest BCUT2D eigenvalue weighted by atomic mass is 19.3. The van der Waals surface area contributed by atoms with Crippen molar-refractivity contribution in [1.82, 2.24) is 4.98 Å². The monoisotopic (exact) mass is 233 g/mol. The van der Waals surface area contributed by atoms with Crippen molar-refractivity contribution >= 4 is 5.97 Å². The molecule has 0 amide bonds. The van der Waals surface area contributed by atoms with Gasteiger partial charge in [0.15, 0.2) is 5.88 Å². The molecule has 5 nitrogen and oxygen atoms in total. The summed E-state index contributed by atoms with van der Waals surface area (Å²) in [5, 5.41) is 9.23. The number of hydrogen-bond acceptors (Lipinski definition) is 4. The standard InChI is InChI=1S/C9H9F2NO4/c1-16-6(13)3-4-2-5(7(10)11)9(15)12-8(4)14/h2,7H,3H2,1H3,(H2,12,14,15). The maximum absolute atomic E-state index is 12.3. The van der Waals surface area contributed by atoms with Gasteiger partial charge in [0, 0.05) is 5.56 Å². The van der Waals surface area contributed by atoms with Crippen LogP contribution >= 0.6 is 0 Å². The Morgan fingerprint density at radius 2 is 2.25 bits per heavy atom. The van der Waals surface area contributed by atoms with Gasteiger partial charge in [-0.3, -0.25) is 14.6 Å². The zero-order valence-electron chi connectivity index (χ0n) is 8.29. The number of H-pyrrole nitrogens is 1. The maximum atomic E-state index is 12.3. The van der Waals surface area contributed by atoms with E-state index < -0.39 is 35.8 Å². The van der Waals surface area contributed by atoms with E-state index in [0.29, 0.717) is 0 Å². The lowest BCUT2D eigenvalue weighted by atomic mass is 10.1. The lowest BCUT2D eigenvalue weighted by Crippen LogP contribution is -2.15. The van der Waals surface area contributed by atoms with Crippen molar-refractivity contribution in [2.24, 2.45) is 0 Å². The molecule has 0 bridgehead atoms. The van der Waals surface area contributed by atoms with Crippen LogP contribution in [0.4, 0.5) is 8.78 Å². The first-order valence-electron chi connectivity index (χ1n) is 4.25. The topological polar surface area (TPSA) is 79.4 Å². The number of ether oxygens (including phenoxy) is 1. The normalized spacial score (nSPS) is 10.5. The Morgan fingerprint density at radius 1 is 1.62 bits per heavy atom. The van der Waals surface area contributed by atoms with Gasteiger partial charge in [-0.05, 0) is 6.07 Å². The van der Waals surface area contributed by atoms with Gasteiger partial charge < -0.3 is 9.84 Å². The van der Waals surface area contributed by atoms with Crippen LogP contribution < -0.4 is 5.56 Å². The number of hydrogen-bond donors (Lipinski definition) is 2. The Kier molecular flexibility index (Phi) is 3.60. The molecule has 1 rings (SSSR count). The number of rotatable bonds is 3. The number of esters is 1. The Labute approximate surface area is 88.7 Å². The molecule has 0 aliphatic carbocycles. The predicted molar refractivity (Wildman–Crippen MR) is 49.4 cm³/mol. The minimum atomic E-state index is -2.97. The molecule has 88 valence electrons. The van der Waals surface area contributed by atoms with Crippen LogP contribution in [0, 0.1) is 0 Å². The summed E-state index contributed by atoms with van der Waals surface area (Å²) in [5.74, 6) is -1.32. The van der Waals surface area contributed by atoms with E-state index in [1.165, 1.54) is 0 Å². The zero-order chi connectivity index (χ0) is 12.3. The summed E-state index contributed by atoms with van der Waals surface area (Å²) >= 11 is 0. The van der Waals surface area contributed by atoms with E-state index in [-0.39, 0.29) is 5.56 Å². The van der Waals surface area contributed by atoms with Crippen LogP contribution in [0.1, 0.15) is 17.6 Å². The number of halogens is 2. The second-order valence-corrected chi connectivity index (χ2v) is 2.98. The molecule has 0 aliphatic heterocycles. The predicted octanol–water partition coefficient (Wildman–Crippen LogP) is 0.734. The number of aromatic hydroxyl groups is 1. The maximum Gasteiger partial charge on any atom is 0.310 e. The van der Waals surface area contributed by atoms with Crippen LogP contribution in [0.15, 0.2) is 10.9 Å². The van der Waals surface area contributed by atoms with Crippen molar-refractivity contribution in [2.45, 2.75) is 12.8 Å². The lowest BCUT2D eigenvalue weighted by Gasteiger charge is -2.05. The number of methoxy groups -OCH3 is 1. The number of aromatic nitrogens is 1. The molecular weight excluding hydrogens is 224 g/mol. The zero-order valence-corrected chi connectivity index (χ0v) is 8.29. The van der Waals surface area contributed by atoms with Gasteiger partial charge in [-0.25, -0.2) is 8.78 Å². The van der Waals surface area contributed by atoms with Crippen LogP contribution in [-0.4, -0.2) is 23.2 Å². The quantitative estimate of drug-likeness (QED) is 0.754. The SMILES string of the molecule is COC(=O)Cc1cc(C(F)F)c(=O)[nH]c1O. The second-order valence-electron chi connectivity index (χ2n) is 2.98. The van der Waals surface area contributed by atoms with Crippen LogP contribution in [0.2, 0.25) is 0 Å². The van der Waals surface area contributed by atoms with Gasteiger partial charge >= 0.3 is 5.97 Å². The minimum Gasteiger partial charge on any atom is -0.494 e. The highest BCUT2D eigenvalue weighted by molar-refractivity contribution is 5.73. The van der Waals surface area contributed by atoms with Crippen LogP contribution in [-0.2, 0) is 16.0 Å². The number of carbonyl (C=O) groups is 1. The van der Waals surface area contributed by atoms with Crippen molar-refractivity contribution in [3.63, 3.8) is 0 Å². The molecule has 0 saturated carbocycles. The van der Waals surface area contributed by atoms with Gasteiger partial charge in [0.25, 0.3) is 12.0 Å². The van der Waals surface area contributed by atoms with Gasteiger partial charge in [-0.1, -0.05) is 0 Å². The van der Waals surface area contributed by atoms with E-state index in [1.807, 2.05) is 4.98 Å². The van der Waals surface area contributed by atoms with Gasteiger partial charge in [-0.15, -0.1) is 0 Å². The summed E-state index contributed by atoms with van der Waals surface area (Å²) in [6, 6.07) is 0.787. The molecule has 0 unspecified atom stereocenters. The third-order valence-electron chi connectivity index (χ3n) is 1.93. The Balaban J connectivity index is 3.15. The Bertz CT molecular complexity index is 455. The van der Waals surface area contributed by atoms with E-state index in [0.717, 1.165) is 13.2 Å². The third-order valence-corrected chi connectivity index (χ3v) is 1.93. The number of pyridine rings is 1. The fourth-order valence-corrected chi connectivity index (χ4v) is 1.11. The number of alkyl halides is 2. The Morgan fingerprint density at radius 3 is 2.75 bits per heavy atom. The molecule has 0 radical (unpaired) electrons. The van der Waals surface area contributed by atoms with Gasteiger partial charge in [0.05, 0.1) is 19.1 Å². The van der Waals surface area contributed by atoms with E-state index in [1.54, 1.807) is 0 Å². The smallest absolute Gasteiger partial charge is 0.310 e. The van der Waals surface area contributed by atoms with E-state index in [4.69, 9.17) is 0 Å². The molecule has 7 heteroatoms. The first kappa shape index (κ1) is 12.2. The van der Waals surface area contributed by atoms with Crippen LogP contribution in [0.25, 0.3) is 0 Å². The fraction of sp³-hybridized carbons (Fsp3) is 0.333. The molecule has 0 aliphatic rings. The molecule has 1 aromatic heterocycles. The van der Waals surface area contributed by atoms with Crippen LogP contribution in [0.5, 0.6) is 5.88 Å². The Hall–Kier alpha value is -1.92. The molecule has 0 atom stereocenters. The van der Waals surface area contributed by atoms with Crippen LogP contribution in [0.3, 0.4) is 0 Å². The molecule has 1 aromatic rings. The summed E-state index contributed by atoms with van der Waals surface area (Å²) < 4.78 is 29.0. The summed E-state index contributed by atoms with van der Waals surface area (Å²) in [7, 11) is 1.12. The average Bonchev–Trinajstić information content (AvgIpc) is 2.21. The molecule has 0 fully saturated rings. The molecular formula is C9H9F2NO4. The highest BCUT2D eigenvalue weighted by Crippen LogP contribution is 2.20. The number of nitrogens with one attached hydrogen (secondary N) is 1. The molecule has 2 N–H and O–H groups in total. The first-order chi connectivity index (χ1) is 7.45. The summed E-state index contributed by atoms with van der Waals surface area (Å²) in [5.41, 5.74) is -1.99. The minimum absolute atomic E-state index is 0.109. The summed E-state index contributed by atoms with van der Waals surface area (Å²) in [4.78, 5) is 23.7. The van der Waals surface area contributed by atoms with Gasteiger partial charge in [0.1, 0.15) is 0 Å². The van der Waals surface area contributed by atoms with E-state index >= 15 is 0 Å². The molecule has 0 aromatic carbocycles. The number of carbonyl (C=O) groups excluding carboxylic acids is 1. The average molecular weight is 233 g/mol. The molecule has 0 saturated heterocycles. The van der Waals surface area contributed by atoms with Gasteiger partial charge in [0.2, 0.25) is 0 Å². The lowest BCUT2D eigenvalue weighted by molar-refractivity contribution is -0.139. The van der Waals surface area contributed by atoms with E-state index in [2.05, 4.69) is 4.74 Å². The molecule has 1 heterocycles. The first-order valence-corrected chi connectivity index (χ1v) is 4.25. The molecule has 0 spiro atoms. The highest BCUT2D eigenvalue weighted by Gasteiger charge is 2.17. The fourth-order valence-electron chi connectivity index (χ4n) is 1.11. The van der Waals surface area contributed by atoms with Crippen molar-refractivity contribution in [1.29, 1.82) is 0 Å². The second kappa shape index (κ2) is 4.73. The summed E-state index contributed by atoms with van der Waals surface area (Å²) in [6.07, 6.45) is -3.36. The largest absolute Gasteiger partial charge is 0.494 e. The van der Waals surface area contributed by atoms with Crippen molar-refractivity contribution in [2.75, 3.05) is 7.11 Å². The molecule has 16 heavy (non-hydrogen) atoms. The van der Waals surface area contributed by atoms with E-state index in [9.17, 15) is 23.5 Å². The van der Waals surface area contributed by atoms with Crippen molar-refractivity contribution in [3.8, 4) is 5.88 Å². The summed E-state index contributed by atoms with van der Waals surface area (Å²) in [6.45, 7) is 0. The van der Waals surface area contributed by atoms with Gasteiger partial charge in [-0.2, -0.15) is 0 Å². The number of aromatic amines is 1. The third kappa shape index (κ3) is 2.56. The van der Waals surface area contributed by atoms with Crippen molar-refractivity contribution < 1.29 is 23.4 Å².